The van der Waals surface area contributed by atoms with Gasteiger partial charge in [-0.05, 0) is 92.1 Å². The highest BCUT2D eigenvalue weighted by atomic mass is 16.6. The lowest BCUT2D eigenvalue weighted by molar-refractivity contribution is -0.0722. The number of allylic oxidation sites excluding steroid dienone is 2. The minimum Gasteiger partial charge on any atom is -0.393 e. The van der Waals surface area contributed by atoms with E-state index in [-0.39, 0.29) is 11.5 Å². The van der Waals surface area contributed by atoms with Crippen LogP contribution in [0.15, 0.2) is 41.2 Å². The molecule has 1 aromatic rings. The van der Waals surface area contributed by atoms with Gasteiger partial charge < -0.3 is 9.94 Å². The number of aliphatic hydroxyl groups is 1. The number of fused-ring (bicyclic) bond motifs is 5. The Morgan fingerprint density at radius 3 is 2.79 bits per heavy atom. The van der Waals surface area contributed by atoms with Gasteiger partial charge in [0.25, 0.3) is 0 Å². The van der Waals surface area contributed by atoms with Crippen molar-refractivity contribution in [1.29, 1.82) is 0 Å². The Morgan fingerprint density at radius 2 is 1.96 bits per heavy atom. The summed E-state index contributed by atoms with van der Waals surface area (Å²) in [6.07, 6.45) is 13.2. The summed E-state index contributed by atoms with van der Waals surface area (Å²) in [6, 6.07) is 5.63. The average Bonchev–Trinajstić information content (AvgIpc) is 3.02. The SMILES string of the molecule is C[C@]12CC[C@H]3[C@@H](CCC4=C/C(=N/Oc5ccccn5)CC[C@@]43C)[C@@H]1CC[C@@H]2O. The summed E-state index contributed by atoms with van der Waals surface area (Å²) in [5.41, 5.74) is 3.08. The van der Waals surface area contributed by atoms with Crippen molar-refractivity contribution in [3.63, 3.8) is 0 Å². The molecule has 1 N–H and O–H groups in total. The van der Waals surface area contributed by atoms with E-state index in [1.807, 2.05) is 18.2 Å². The lowest BCUT2D eigenvalue weighted by Gasteiger charge is -2.57. The zero-order chi connectivity index (χ0) is 19.4. The van der Waals surface area contributed by atoms with Gasteiger partial charge in [0.2, 0.25) is 5.88 Å². The summed E-state index contributed by atoms with van der Waals surface area (Å²) in [5.74, 6) is 2.80. The quantitative estimate of drug-likeness (QED) is 0.723. The van der Waals surface area contributed by atoms with Crippen LogP contribution in [-0.2, 0) is 0 Å². The van der Waals surface area contributed by atoms with Crippen LogP contribution in [0.25, 0.3) is 0 Å². The van der Waals surface area contributed by atoms with Crippen molar-refractivity contribution < 1.29 is 9.94 Å². The average molecular weight is 381 g/mol. The molecule has 0 bridgehead atoms. The molecular formula is C24H32N2O2. The molecule has 4 aliphatic carbocycles. The Hall–Kier alpha value is -1.68. The molecule has 0 aromatic carbocycles. The molecule has 5 rings (SSSR count). The van der Waals surface area contributed by atoms with E-state index in [1.54, 1.807) is 11.8 Å². The van der Waals surface area contributed by atoms with Gasteiger partial charge in [0.15, 0.2) is 0 Å². The number of aromatic nitrogens is 1. The third kappa shape index (κ3) is 2.75. The Morgan fingerprint density at radius 1 is 1.07 bits per heavy atom. The standard InChI is InChI=1S/C24H32N2O2/c1-23-12-10-17(26-28-22-5-3-4-14-25-22)15-16(23)6-7-18-19-8-9-21(27)24(19,2)13-11-20(18)23/h3-5,14-15,18-21,27H,6-13H2,1-2H3/b26-17+/t18-,19-,20-,21-,23-,24-/m0/s1. The highest BCUT2D eigenvalue weighted by Crippen LogP contribution is 2.65. The van der Waals surface area contributed by atoms with E-state index in [1.165, 1.54) is 32.1 Å². The molecule has 0 unspecified atom stereocenters. The van der Waals surface area contributed by atoms with Crippen molar-refractivity contribution >= 4 is 5.71 Å². The molecule has 6 atom stereocenters. The summed E-state index contributed by atoms with van der Waals surface area (Å²) >= 11 is 0. The number of hydrogen-bond donors (Lipinski definition) is 1. The maximum Gasteiger partial charge on any atom is 0.248 e. The highest BCUT2D eigenvalue weighted by Gasteiger charge is 2.58. The molecule has 0 radical (unpaired) electrons. The van der Waals surface area contributed by atoms with Crippen LogP contribution >= 0.6 is 0 Å². The summed E-state index contributed by atoms with van der Waals surface area (Å²) in [4.78, 5) is 9.74. The van der Waals surface area contributed by atoms with Crippen molar-refractivity contribution in [3.05, 3.63) is 36.0 Å². The van der Waals surface area contributed by atoms with Crippen molar-refractivity contribution in [3.8, 4) is 5.88 Å². The van der Waals surface area contributed by atoms with E-state index in [0.29, 0.717) is 17.2 Å². The fourth-order valence-electron chi connectivity index (χ4n) is 7.12. The van der Waals surface area contributed by atoms with E-state index >= 15 is 0 Å². The Bertz CT molecular complexity index is 804. The van der Waals surface area contributed by atoms with Gasteiger partial charge in [-0.25, -0.2) is 4.98 Å². The summed E-state index contributed by atoms with van der Waals surface area (Å²) < 4.78 is 0. The van der Waals surface area contributed by atoms with Gasteiger partial charge >= 0.3 is 0 Å². The largest absolute Gasteiger partial charge is 0.393 e. The first-order valence-corrected chi connectivity index (χ1v) is 11.0. The number of rotatable bonds is 2. The Labute approximate surface area is 168 Å². The minimum atomic E-state index is -0.0861. The maximum absolute atomic E-state index is 10.6. The summed E-state index contributed by atoms with van der Waals surface area (Å²) in [7, 11) is 0. The van der Waals surface area contributed by atoms with E-state index in [9.17, 15) is 5.11 Å². The van der Waals surface area contributed by atoms with Crippen molar-refractivity contribution in [2.75, 3.05) is 0 Å². The summed E-state index contributed by atoms with van der Waals surface area (Å²) in [6.45, 7) is 4.86. The van der Waals surface area contributed by atoms with Crippen LogP contribution in [0.4, 0.5) is 0 Å². The zero-order valence-corrected chi connectivity index (χ0v) is 17.1. The van der Waals surface area contributed by atoms with Gasteiger partial charge in [0, 0.05) is 12.3 Å². The molecule has 150 valence electrons. The van der Waals surface area contributed by atoms with Gasteiger partial charge in [-0.1, -0.05) is 30.6 Å². The molecule has 1 heterocycles. The normalized spacial score (nSPS) is 43.7. The summed E-state index contributed by atoms with van der Waals surface area (Å²) in [5, 5.41) is 15.0. The third-order valence-corrected chi connectivity index (χ3v) is 8.82. The van der Waals surface area contributed by atoms with Crippen LogP contribution in [-0.4, -0.2) is 21.9 Å². The second kappa shape index (κ2) is 6.69. The second-order valence-electron chi connectivity index (χ2n) is 9.98. The molecule has 4 heteroatoms. The molecule has 3 fully saturated rings. The zero-order valence-electron chi connectivity index (χ0n) is 17.1. The Kier molecular flexibility index (Phi) is 4.38. The van der Waals surface area contributed by atoms with Gasteiger partial charge in [-0.15, -0.1) is 0 Å². The van der Waals surface area contributed by atoms with Gasteiger partial charge in [-0.3, -0.25) is 0 Å². The first-order chi connectivity index (χ1) is 13.5. The molecule has 0 aliphatic heterocycles. The molecule has 4 nitrogen and oxygen atoms in total. The van der Waals surface area contributed by atoms with Crippen LogP contribution in [0.5, 0.6) is 5.88 Å². The molecule has 1 aromatic heterocycles. The van der Waals surface area contributed by atoms with Gasteiger partial charge in [0.1, 0.15) is 0 Å². The molecule has 28 heavy (non-hydrogen) atoms. The van der Waals surface area contributed by atoms with Crippen LogP contribution < -0.4 is 4.84 Å². The first kappa shape index (κ1) is 18.4. The highest BCUT2D eigenvalue weighted by molar-refractivity contribution is 5.96. The van der Waals surface area contributed by atoms with E-state index in [4.69, 9.17) is 4.84 Å². The van der Waals surface area contributed by atoms with Crippen LogP contribution in [0.3, 0.4) is 0 Å². The van der Waals surface area contributed by atoms with E-state index < -0.39 is 0 Å². The van der Waals surface area contributed by atoms with Crippen molar-refractivity contribution in [2.45, 2.75) is 71.3 Å². The molecule has 0 amide bonds. The van der Waals surface area contributed by atoms with E-state index in [2.05, 4.69) is 30.1 Å². The van der Waals surface area contributed by atoms with Crippen molar-refractivity contribution in [2.24, 2.45) is 33.7 Å². The molecule has 0 spiro atoms. The smallest absolute Gasteiger partial charge is 0.248 e. The first-order valence-electron chi connectivity index (χ1n) is 11.0. The minimum absolute atomic E-state index is 0.0861. The fraction of sp³-hybridized carbons (Fsp3) is 0.667. The second-order valence-corrected chi connectivity index (χ2v) is 9.98. The van der Waals surface area contributed by atoms with Gasteiger partial charge in [0.05, 0.1) is 11.8 Å². The van der Waals surface area contributed by atoms with Crippen LogP contribution in [0.2, 0.25) is 0 Å². The van der Waals surface area contributed by atoms with Crippen molar-refractivity contribution in [1.82, 2.24) is 4.98 Å². The topological polar surface area (TPSA) is 54.7 Å². The predicted molar refractivity (Wildman–Crippen MR) is 110 cm³/mol. The lowest BCUT2D eigenvalue weighted by Crippen LogP contribution is -2.51. The maximum atomic E-state index is 10.6. The Balaban J connectivity index is 1.37. The third-order valence-electron chi connectivity index (χ3n) is 8.82. The van der Waals surface area contributed by atoms with Crippen LogP contribution in [0, 0.1) is 28.6 Å². The number of hydrogen-bond acceptors (Lipinski definition) is 4. The number of nitrogens with zero attached hydrogens (tertiary/aromatic N) is 2. The molecular weight excluding hydrogens is 348 g/mol. The van der Waals surface area contributed by atoms with Gasteiger partial charge in [-0.2, -0.15) is 0 Å². The lowest BCUT2D eigenvalue weighted by atomic mass is 9.47. The number of aliphatic hydroxyl groups excluding tert-OH is 1. The molecule has 3 saturated carbocycles. The fourth-order valence-corrected chi connectivity index (χ4v) is 7.12. The molecule has 0 saturated heterocycles. The molecule has 4 aliphatic rings. The number of oxime groups is 1. The number of pyridine rings is 1. The predicted octanol–water partition coefficient (Wildman–Crippen LogP) is 5.14. The monoisotopic (exact) mass is 380 g/mol. The van der Waals surface area contributed by atoms with E-state index in [0.717, 1.165) is 36.8 Å². The van der Waals surface area contributed by atoms with Crippen LogP contribution in [0.1, 0.15) is 65.2 Å².